The van der Waals surface area contributed by atoms with Crippen molar-refractivity contribution in [2.75, 3.05) is 19.0 Å². The minimum absolute atomic E-state index is 0.307. The van der Waals surface area contributed by atoms with E-state index in [0.717, 1.165) is 27.9 Å². The first kappa shape index (κ1) is 15.9. The van der Waals surface area contributed by atoms with Crippen LogP contribution in [0.2, 0.25) is 0 Å². The Morgan fingerprint density at radius 3 is 2.62 bits per heavy atom. The molecule has 0 radical (unpaired) electrons. The quantitative estimate of drug-likeness (QED) is 0.675. The van der Waals surface area contributed by atoms with Gasteiger partial charge in [0.05, 0.1) is 13.7 Å². The molecular formula is C19H20N2O3. The van der Waals surface area contributed by atoms with Crippen molar-refractivity contribution >= 4 is 22.6 Å². The van der Waals surface area contributed by atoms with E-state index in [2.05, 4.69) is 10.3 Å². The molecule has 3 aromatic rings. The van der Waals surface area contributed by atoms with Crippen molar-refractivity contribution in [1.29, 1.82) is 0 Å². The van der Waals surface area contributed by atoms with Crippen LogP contribution in [0, 0.1) is 0 Å². The number of esters is 1. The fraction of sp³-hybridized carbons (Fsp3) is 0.211. The number of nitrogens with one attached hydrogen (secondary N) is 2. The second-order valence-electron chi connectivity index (χ2n) is 5.35. The molecule has 0 saturated carbocycles. The first-order valence-electron chi connectivity index (χ1n) is 7.86. The van der Waals surface area contributed by atoms with Crippen molar-refractivity contribution < 1.29 is 14.3 Å². The maximum atomic E-state index is 12.5. The number of aromatic nitrogens is 1. The van der Waals surface area contributed by atoms with E-state index >= 15 is 0 Å². The van der Waals surface area contributed by atoms with E-state index in [1.165, 1.54) is 0 Å². The number of carbonyl (C=O) groups is 1. The summed E-state index contributed by atoms with van der Waals surface area (Å²) in [6, 6.07) is 14.7. The van der Waals surface area contributed by atoms with E-state index in [1.807, 2.05) is 54.7 Å². The first-order valence-corrected chi connectivity index (χ1v) is 7.86. The summed E-state index contributed by atoms with van der Waals surface area (Å²) in [6.45, 7) is 2.14. The number of para-hydroxylation sites is 1. The number of rotatable bonds is 6. The lowest BCUT2D eigenvalue weighted by Gasteiger charge is -2.18. The number of ether oxygens (including phenoxy) is 2. The molecule has 3 rings (SSSR count). The number of benzene rings is 2. The van der Waals surface area contributed by atoms with E-state index < -0.39 is 6.04 Å². The van der Waals surface area contributed by atoms with E-state index in [4.69, 9.17) is 9.47 Å². The van der Waals surface area contributed by atoms with Gasteiger partial charge in [-0.05, 0) is 37.3 Å². The lowest BCUT2D eigenvalue weighted by atomic mass is 10.1. The summed E-state index contributed by atoms with van der Waals surface area (Å²) in [4.78, 5) is 15.7. The van der Waals surface area contributed by atoms with Crippen molar-refractivity contribution in [1.82, 2.24) is 4.98 Å². The van der Waals surface area contributed by atoms with Gasteiger partial charge in [0.15, 0.2) is 6.04 Å². The number of fused-ring (bicyclic) bond motifs is 1. The van der Waals surface area contributed by atoms with E-state index in [0.29, 0.717) is 6.61 Å². The third-order valence-corrected chi connectivity index (χ3v) is 3.86. The average Bonchev–Trinajstić information content (AvgIpc) is 3.04. The van der Waals surface area contributed by atoms with Crippen molar-refractivity contribution in [3.05, 3.63) is 60.3 Å². The number of methoxy groups -OCH3 is 1. The van der Waals surface area contributed by atoms with Crippen LogP contribution < -0.4 is 10.1 Å². The Hall–Kier alpha value is -2.95. The van der Waals surface area contributed by atoms with Gasteiger partial charge in [-0.15, -0.1) is 0 Å². The number of anilines is 1. The molecule has 124 valence electrons. The lowest BCUT2D eigenvalue weighted by Crippen LogP contribution is -2.23. The molecule has 5 heteroatoms. The Morgan fingerprint density at radius 2 is 1.92 bits per heavy atom. The van der Waals surface area contributed by atoms with Gasteiger partial charge in [0.1, 0.15) is 5.75 Å². The summed E-state index contributed by atoms with van der Waals surface area (Å²) in [7, 11) is 1.62. The Bertz CT molecular complexity index is 824. The molecule has 0 saturated heterocycles. The summed E-state index contributed by atoms with van der Waals surface area (Å²) >= 11 is 0. The summed E-state index contributed by atoms with van der Waals surface area (Å²) in [6.07, 6.45) is 1.85. The Labute approximate surface area is 140 Å². The van der Waals surface area contributed by atoms with Crippen LogP contribution >= 0.6 is 0 Å². The van der Waals surface area contributed by atoms with Gasteiger partial charge in [-0.2, -0.15) is 0 Å². The van der Waals surface area contributed by atoms with Gasteiger partial charge in [0, 0.05) is 28.4 Å². The lowest BCUT2D eigenvalue weighted by molar-refractivity contribution is -0.144. The Balaban J connectivity index is 1.95. The van der Waals surface area contributed by atoms with Crippen molar-refractivity contribution in [2.45, 2.75) is 13.0 Å². The molecule has 1 aromatic heterocycles. The summed E-state index contributed by atoms with van der Waals surface area (Å²) < 4.78 is 10.4. The fourth-order valence-corrected chi connectivity index (χ4v) is 2.68. The molecule has 0 aliphatic rings. The van der Waals surface area contributed by atoms with Gasteiger partial charge in [0.25, 0.3) is 0 Å². The molecule has 0 bridgehead atoms. The molecule has 24 heavy (non-hydrogen) atoms. The van der Waals surface area contributed by atoms with Gasteiger partial charge < -0.3 is 19.8 Å². The van der Waals surface area contributed by atoms with Crippen LogP contribution in [0.25, 0.3) is 10.9 Å². The number of hydrogen-bond acceptors (Lipinski definition) is 4. The van der Waals surface area contributed by atoms with E-state index in [9.17, 15) is 4.79 Å². The zero-order valence-corrected chi connectivity index (χ0v) is 13.7. The molecule has 0 spiro atoms. The number of hydrogen-bond donors (Lipinski definition) is 2. The van der Waals surface area contributed by atoms with Crippen molar-refractivity contribution in [3.63, 3.8) is 0 Å². The summed E-state index contributed by atoms with van der Waals surface area (Å²) in [5, 5.41) is 4.26. The third kappa shape index (κ3) is 3.20. The molecular weight excluding hydrogens is 304 g/mol. The van der Waals surface area contributed by atoms with Crippen LogP contribution in [-0.4, -0.2) is 24.7 Å². The number of H-pyrrole nitrogens is 1. The van der Waals surface area contributed by atoms with Gasteiger partial charge in [-0.3, -0.25) is 0 Å². The predicted octanol–water partition coefficient (Wildman–Crippen LogP) is 3.89. The smallest absolute Gasteiger partial charge is 0.333 e. The highest BCUT2D eigenvalue weighted by Gasteiger charge is 2.24. The van der Waals surface area contributed by atoms with Gasteiger partial charge in [0.2, 0.25) is 0 Å². The second-order valence-corrected chi connectivity index (χ2v) is 5.35. The number of carbonyl (C=O) groups excluding carboxylic acids is 1. The zero-order chi connectivity index (χ0) is 16.9. The molecule has 1 heterocycles. The molecule has 5 nitrogen and oxygen atoms in total. The monoisotopic (exact) mass is 324 g/mol. The molecule has 1 atom stereocenters. The zero-order valence-electron chi connectivity index (χ0n) is 13.7. The maximum Gasteiger partial charge on any atom is 0.333 e. The summed E-state index contributed by atoms with van der Waals surface area (Å²) in [5.74, 6) is 0.457. The first-order chi connectivity index (χ1) is 11.7. The minimum atomic E-state index is -0.588. The molecule has 1 unspecified atom stereocenters. The standard InChI is InChI=1S/C19H20N2O3/c1-3-24-19(22)18(21-13-8-10-14(23-2)11-9-13)16-12-20-17-7-5-4-6-15(16)17/h4-12,18,20-21H,3H2,1-2H3. The Morgan fingerprint density at radius 1 is 1.17 bits per heavy atom. The molecule has 0 aliphatic heterocycles. The van der Waals surface area contributed by atoms with E-state index in [-0.39, 0.29) is 5.97 Å². The normalized spacial score (nSPS) is 11.9. The topological polar surface area (TPSA) is 63.4 Å². The van der Waals surface area contributed by atoms with Crippen LogP contribution in [0.5, 0.6) is 5.75 Å². The fourth-order valence-electron chi connectivity index (χ4n) is 2.68. The van der Waals surface area contributed by atoms with E-state index in [1.54, 1.807) is 14.0 Å². The Kier molecular flexibility index (Phi) is 4.70. The van der Waals surface area contributed by atoms with Crippen LogP contribution in [0.1, 0.15) is 18.5 Å². The molecule has 2 aromatic carbocycles. The number of aromatic amines is 1. The molecule has 0 aliphatic carbocycles. The highest BCUT2D eigenvalue weighted by Crippen LogP contribution is 2.28. The van der Waals surface area contributed by atoms with Crippen molar-refractivity contribution in [3.8, 4) is 5.75 Å². The highest BCUT2D eigenvalue weighted by atomic mass is 16.5. The third-order valence-electron chi connectivity index (χ3n) is 3.86. The van der Waals surface area contributed by atoms with Crippen LogP contribution in [0.15, 0.2) is 54.7 Å². The average molecular weight is 324 g/mol. The SMILES string of the molecule is CCOC(=O)C(Nc1ccc(OC)cc1)c1c[nH]c2ccccc12. The maximum absolute atomic E-state index is 12.5. The van der Waals surface area contributed by atoms with Crippen LogP contribution in [0.4, 0.5) is 5.69 Å². The second kappa shape index (κ2) is 7.08. The predicted molar refractivity (Wildman–Crippen MR) is 94.3 cm³/mol. The highest BCUT2D eigenvalue weighted by molar-refractivity contribution is 5.91. The van der Waals surface area contributed by atoms with Gasteiger partial charge >= 0.3 is 5.97 Å². The van der Waals surface area contributed by atoms with Crippen molar-refractivity contribution in [2.24, 2.45) is 0 Å². The summed E-state index contributed by atoms with van der Waals surface area (Å²) in [5.41, 5.74) is 2.66. The molecule has 2 N–H and O–H groups in total. The van der Waals surface area contributed by atoms with Gasteiger partial charge in [-0.25, -0.2) is 4.79 Å². The molecule has 0 amide bonds. The molecule has 0 fully saturated rings. The van der Waals surface area contributed by atoms with Gasteiger partial charge in [-0.1, -0.05) is 18.2 Å². The van der Waals surface area contributed by atoms with Crippen LogP contribution in [-0.2, 0) is 9.53 Å². The largest absolute Gasteiger partial charge is 0.497 e. The van der Waals surface area contributed by atoms with Crippen LogP contribution in [0.3, 0.4) is 0 Å². The minimum Gasteiger partial charge on any atom is -0.497 e.